The molecular weight excluding hydrogens is 426 g/mol. The van der Waals surface area contributed by atoms with Gasteiger partial charge in [-0.05, 0) is 46.0 Å². The molecule has 184 valence electrons. The van der Waals surface area contributed by atoms with Crippen molar-refractivity contribution < 1.29 is 9.53 Å². The fourth-order valence-electron chi connectivity index (χ4n) is 4.11. The summed E-state index contributed by atoms with van der Waals surface area (Å²) in [6.45, 7) is 5.77. The highest BCUT2D eigenvalue weighted by Crippen LogP contribution is 2.33. The lowest BCUT2D eigenvalue weighted by Crippen LogP contribution is -2.30. The van der Waals surface area contributed by atoms with Crippen molar-refractivity contribution in [3.05, 3.63) is 42.0 Å². The van der Waals surface area contributed by atoms with Gasteiger partial charge in [-0.1, -0.05) is 25.8 Å². The molecule has 0 amide bonds. The van der Waals surface area contributed by atoms with Gasteiger partial charge in [-0.15, -0.1) is 0 Å². The van der Waals surface area contributed by atoms with E-state index < -0.39 is 0 Å². The van der Waals surface area contributed by atoms with Gasteiger partial charge in [0.15, 0.2) is 0 Å². The maximum Gasteiger partial charge on any atom is 0.132 e. The molecule has 7 heteroatoms. The third-order valence-corrected chi connectivity index (χ3v) is 6.16. The highest BCUT2D eigenvalue weighted by molar-refractivity contribution is 5.87. The minimum atomic E-state index is 0.131. The molecule has 1 atom stereocenters. The second-order valence-electron chi connectivity index (χ2n) is 9.18. The first-order valence-corrected chi connectivity index (χ1v) is 12.3. The van der Waals surface area contributed by atoms with Crippen molar-refractivity contribution >= 4 is 16.7 Å². The number of carbonyl (C=O) groups is 1. The number of Topliss-reactive ketones (excluding diaryl/α,β-unsaturated/α-hetero) is 1. The van der Waals surface area contributed by atoms with Crippen molar-refractivity contribution in [3.63, 3.8) is 0 Å². The Labute approximate surface area is 203 Å². The number of hydrogen-bond acceptors (Lipinski definition) is 6. The number of rotatable bonds is 14. The smallest absolute Gasteiger partial charge is 0.132 e. The van der Waals surface area contributed by atoms with Crippen LogP contribution in [0.1, 0.15) is 63.0 Å². The third-order valence-electron chi connectivity index (χ3n) is 6.16. The summed E-state index contributed by atoms with van der Waals surface area (Å²) >= 11 is 0. The molecule has 3 aromatic rings. The minimum Gasteiger partial charge on any atom is -0.496 e. The summed E-state index contributed by atoms with van der Waals surface area (Å²) in [5, 5.41) is 4.73. The molecule has 2 N–H and O–H groups in total. The van der Waals surface area contributed by atoms with E-state index in [4.69, 9.17) is 9.72 Å². The lowest BCUT2D eigenvalue weighted by atomic mass is 10.0. The monoisotopic (exact) mass is 465 g/mol. The number of pyridine rings is 1. The van der Waals surface area contributed by atoms with E-state index in [-0.39, 0.29) is 6.04 Å². The molecular formula is C27H39N5O2. The quantitative estimate of drug-likeness (QED) is 0.324. The van der Waals surface area contributed by atoms with Crippen molar-refractivity contribution in [3.8, 4) is 17.0 Å². The summed E-state index contributed by atoms with van der Waals surface area (Å²) in [6.07, 6.45) is 7.25. The van der Waals surface area contributed by atoms with E-state index in [0.717, 1.165) is 78.2 Å². The molecule has 1 aromatic carbocycles. The number of imidazole rings is 1. The molecule has 7 nitrogen and oxygen atoms in total. The van der Waals surface area contributed by atoms with Crippen molar-refractivity contribution in [1.82, 2.24) is 25.2 Å². The molecule has 0 fully saturated rings. The lowest BCUT2D eigenvalue weighted by Gasteiger charge is -2.18. The number of unbranched alkanes of at least 4 members (excludes halogenated alkanes) is 2. The van der Waals surface area contributed by atoms with Crippen molar-refractivity contribution in [1.29, 1.82) is 0 Å². The highest BCUT2D eigenvalue weighted by atomic mass is 16.5. The predicted molar refractivity (Wildman–Crippen MR) is 138 cm³/mol. The van der Waals surface area contributed by atoms with E-state index in [1.165, 1.54) is 0 Å². The number of likely N-dealkylation sites (N-methyl/N-ethyl adjacent to an activating group) is 1. The number of hydrogen-bond donors (Lipinski definition) is 2. The van der Waals surface area contributed by atoms with Gasteiger partial charge < -0.3 is 19.9 Å². The number of nitrogens with one attached hydrogen (secondary N) is 2. The standard InChI is InChI=1S/C27H39N5O2/c1-6-21(33)10-8-7-9-11-23(28-14-15-32(3)4)27-29-18-25(31-27)22-16-20-13-12-19(2)30-24(20)17-26(22)34-5/h12-13,16-18,23,28H,6-11,14-15H2,1-5H3,(H,29,31)/t23-/m0/s1. The molecule has 2 heterocycles. The summed E-state index contributed by atoms with van der Waals surface area (Å²) in [5.74, 6) is 2.06. The van der Waals surface area contributed by atoms with E-state index in [2.05, 4.69) is 46.4 Å². The third kappa shape index (κ3) is 7.11. The van der Waals surface area contributed by atoms with E-state index in [1.54, 1.807) is 7.11 Å². The van der Waals surface area contributed by atoms with Gasteiger partial charge in [0.05, 0.1) is 30.6 Å². The minimum absolute atomic E-state index is 0.131. The molecule has 0 spiro atoms. The number of nitrogens with zero attached hydrogens (tertiary/aromatic N) is 3. The van der Waals surface area contributed by atoms with Crippen LogP contribution in [0.5, 0.6) is 5.75 Å². The molecule has 2 aromatic heterocycles. The number of aryl methyl sites for hydroxylation is 1. The first-order chi connectivity index (χ1) is 16.4. The van der Waals surface area contributed by atoms with Crippen molar-refractivity contribution in [2.45, 2.75) is 58.4 Å². The first-order valence-electron chi connectivity index (χ1n) is 12.3. The fourth-order valence-corrected chi connectivity index (χ4v) is 4.11. The zero-order chi connectivity index (χ0) is 24.5. The Morgan fingerprint density at radius 2 is 2.03 bits per heavy atom. The number of benzene rings is 1. The van der Waals surface area contributed by atoms with Crippen LogP contribution >= 0.6 is 0 Å². The molecule has 0 radical (unpaired) electrons. The van der Waals surface area contributed by atoms with Gasteiger partial charge in [0.1, 0.15) is 17.4 Å². The molecule has 0 unspecified atom stereocenters. The van der Waals surface area contributed by atoms with Crippen LogP contribution in [0.3, 0.4) is 0 Å². The maximum atomic E-state index is 11.6. The average molecular weight is 466 g/mol. The Kier molecular flexibility index (Phi) is 9.60. The van der Waals surface area contributed by atoms with Gasteiger partial charge in [0.2, 0.25) is 0 Å². The number of aromatic amines is 1. The van der Waals surface area contributed by atoms with Crippen molar-refractivity contribution in [2.24, 2.45) is 0 Å². The van der Waals surface area contributed by atoms with Crippen LogP contribution in [0.15, 0.2) is 30.5 Å². The number of ketones is 1. The van der Waals surface area contributed by atoms with E-state index in [9.17, 15) is 4.79 Å². The zero-order valence-corrected chi connectivity index (χ0v) is 21.3. The summed E-state index contributed by atoms with van der Waals surface area (Å²) in [5.41, 5.74) is 3.81. The molecule has 3 rings (SSSR count). The molecule has 0 saturated heterocycles. The summed E-state index contributed by atoms with van der Waals surface area (Å²) in [7, 11) is 5.84. The Morgan fingerprint density at radius 3 is 2.76 bits per heavy atom. The Bertz CT molecular complexity index is 1080. The fraction of sp³-hybridized carbons (Fsp3) is 0.519. The van der Waals surface area contributed by atoms with Gasteiger partial charge in [0, 0.05) is 48.6 Å². The van der Waals surface area contributed by atoms with E-state index in [1.807, 2.05) is 32.2 Å². The van der Waals surface area contributed by atoms with Crippen LogP contribution in [-0.2, 0) is 4.79 Å². The van der Waals surface area contributed by atoms with Gasteiger partial charge in [-0.25, -0.2) is 4.98 Å². The van der Waals surface area contributed by atoms with Crippen LogP contribution in [0.4, 0.5) is 0 Å². The van der Waals surface area contributed by atoms with Gasteiger partial charge in [0.25, 0.3) is 0 Å². The lowest BCUT2D eigenvalue weighted by molar-refractivity contribution is -0.118. The van der Waals surface area contributed by atoms with Gasteiger partial charge >= 0.3 is 0 Å². The SMILES string of the molecule is CCC(=O)CCCCC[C@H](NCCN(C)C)c1ncc(-c2cc3ccc(C)nc3cc2OC)[nH]1. The van der Waals surface area contributed by atoms with Crippen LogP contribution in [0, 0.1) is 6.92 Å². The van der Waals surface area contributed by atoms with Gasteiger partial charge in [-0.2, -0.15) is 0 Å². The summed E-state index contributed by atoms with van der Waals surface area (Å²) in [6, 6.07) is 8.34. The number of ether oxygens (including phenoxy) is 1. The normalized spacial score (nSPS) is 12.4. The van der Waals surface area contributed by atoms with E-state index >= 15 is 0 Å². The Morgan fingerprint density at radius 1 is 1.21 bits per heavy atom. The molecule has 0 aliphatic heterocycles. The summed E-state index contributed by atoms with van der Waals surface area (Å²) in [4.78, 5) is 26.7. The van der Waals surface area contributed by atoms with E-state index in [0.29, 0.717) is 18.6 Å². The van der Waals surface area contributed by atoms with Crippen LogP contribution in [0.2, 0.25) is 0 Å². The highest BCUT2D eigenvalue weighted by Gasteiger charge is 2.17. The van der Waals surface area contributed by atoms with Crippen molar-refractivity contribution in [2.75, 3.05) is 34.3 Å². The maximum absolute atomic E-state index is 11.6. The largest absolute Gasteiger partial charge is 0.496 e. The Hall–Kier alpha value is -2.77. The number of H-pyrrole nitrogens is 1. The van der Waals surface area contributed by atoms with Crippen LogP contribution < -0.4 is 10.1 Å². The number of carbonyl (C=O) groups excluding carboxylic acids is 1. The number of aromatic nitrogens is 3. The zero-order valence-electron chi connectivity index (χ0n) is 21.3. The second kappa shape index (κ2) is 12.6. The topological polar surface area (TPSA) is 83.1 Å². The molecule has 0 saturated carbocycles. The van der Waals surface area contributed by atoms with Crippen LogP contribution in [0.25, 0.3) is 22.2 Å². The Balaban J connectivity index is 1.76. The average Bonchev–Trinajstić information content (AvgIpc) is 3.31. The second-order valence-corrected chi connectivity index (χ2v) is 9.18. The molecule has 34 heavy (non-hydrogen) atoms. The molecule has 0 aliphatic rings. The number of methoxy groups -OCH3 is 1. The molecule has 0 aliphatic carbocycles. The summed E-state index contributed by atoms with van der Waals surface area (Å²) < 4.78 is 5.69. The van der Waals surface area contributed by atoms with Crippen LogP contribution in [-0.4, -0.2) is 59.9 Å². The number of fused-ring (bicyclic) bond motifs is 1. The first kappa shape index (κ1) is 25.8. The molecule has 0 bridgehead atoms. The van der Waals surface area contributed by atoms with Gasteiger partial charge in [-0.3, -0.25) is 9.78 Å². The predicted octanol–water partition coefficient (Wildman–Crippen LogP) is 5.06.